The van der Waals surface area contributed by atoms with Crippen LogP contribution in [0.2, 0.25) is 0 Å². The molecule has 2 atom stereocenters. The van der Waals surface area contributed by atoms with Crippen LogP contribution in [0, 0.1) is 0 Å². The lowest BCUT2D eigenvalue weighted by Crippen LogP contribution is -2.33. The summed E-state index contributed by atoms with van der Waals surface area (Å²) in [6, 6.07) is 28.7. The number of para-hydroxylation sites is 1. The molecule has 0 amide bonds. The second-order valence-corrected chi connectivity index (χ2v) is 11.3. The molecule has 7 heteroatoms. The topological polar surface area (TPSA) is 46.5 Å². The maximum atomic E-state index is 13.5. The van der Waals surface area contributed by atoms with Crippen molar-refractivity contribution < 1.29 is 4.74 Å². The molecule has 1 N–H and O–H groups in total. The van der Waals surface area contributed by atoms with Crippen LogP contribution in [0.15, 0.2) is 107 Å². The maximum absolute atomic E-state index is 13.5. The number of likely N-dealkylation sites (N-methyl/N-ethyl adjacent to an activating group) is 1. The van der Waals surface area contributed by atoms with Gasteiger partial charge in [-0.3, -0.25) is 9.36 Å². The Balaban J connectivity index is 1.54. The van der Waals surface area contributed by atoms with Gasteiger partial charge in [-0.05, 0) is 36.7 Å². The van der Waals surface area contributed by atoms with Crippen LogP contribution >= 0.6 is 23.1 Å². The Morgan fingerprint density at radius 1 is 0.974 bits per heavy atom. The standard InChI is InChI=1S/C32H33N3O2S2/c1-5-33-28(23-15-9-7-10-16-23)29(24-17-11-8-12-18-24)37-22(3)21-27-35(6-2)31(36)30(39-27)32-34(4)25-19-13-14-20-26(25)38-32/h7-21,28-29,33H,3,5-6H2,1-2,4H3/b27-21-,32-30-. The van der Waals surface area contributed by atoms with E-state index in [0.717, 1.165) is 42.5 Å². The number of nitrogens with zero attached hydrogens (tertiary/aromatic N) is 2. The fraction of sp³-hybridized carbons (Fsp3) is 0.219. The summed E-state index contributed by atoms with van der Waals surface area (Å²) in [6.45, 7) is 9.72. The zero-order valence-electron chi connectivity index (χ0n) is 22.5. The largest absolute Gasteiger partial charge is 0.484 e. The molecule has 39 heavy (non-hydrogen) atoms. The molecule has 5 rings (SSSR count). The van der Waals surface area contributed by atoms with Crippen molar-refractivity contribution in [1.29, 1.82) is 0 Å². The molecule has 2 heterocycles. The first-order chi connectivity index (χ1) is 19.0. The highest BCUT2D eigenvalue weighted by Crippen LogP contribution is 2.45. The minimum absolute atomic E-state index is 0.0122. The van der Waals surface area contributed by atoms with E-state index in [-0.39, 0.29) is 17.7 Å². The van der Waals surface area contributed by atoms with Crippen LogP contribution < -0.4 is 25.0 Å². The van der Waals surface area contributed by atoms with Gasteiger partial charge in [-0.25, -0.2) is 0 Å². The van der Waals surface area contributed by atoms with Gasteiger partial charge < -0.3 is 15.0 Å². The van der Waals surface area contributed by atoms with Crippen molar-refractivity contribution in [2.24, 2.45) is 0 Å². The molecule has 3 aromatic carbocycles. The van der Waals surface area contributed by atoms with Gasteiger partial charge in [0.05, 0.1) is 11.7 Å². The van der Waals surface area contributed by atoms with Gasteiger partial charge in [0.1, 0.15) is 26.1 Å². The number of aromatic nitrogens is 1. The quantitative estimate of drug-likeness (QED) is 0.271. The predicted octanol–water partition coefficient (Wildman–Crippen LogP) is 5.64. The number of hydrogen-bond acceptors (Lipinski definition) is 6. The highest BCUT2D eigenvalue weighted by molar-refractivity contribution is 8.08. The van der Waals surface area contributed by atoms with Crippen molar-refractivity contribution in [3.8, 4) is 0 Å². The van der Waals surface area contributed by atoms with Crippen LogP contribution in [0.4, 0.5) is 5.69 Å². The fourth-order valence-electron chi connectivity index (χ4n) is 4.86. The second-order valence-electron chi connectivity index (χ2n) is 9.26. The monoisotopic (exact) mass is 555 g/mol. The number of anilines is 1. The number of ether oxygens (including phenoxy) is 1. The average molecular weight is 556 g/mol. The Labute approximate surface area is 237 Å². The molecule has 1 aliphatic rings. The molecule has 2 unspecified atom stereocenters. The van der Waals surface area contributed by atoms with Crippen molar-refractivity contribution in [3.63, 3.8) is 0 Å². The SMILES string of the molecule is C=C(/C=c1\s/c(=C2\Sc3ccccc3N2C)c(=O)n1CC)OC(c1ccccc1)C(NCC)c1ccccc1. The first-order valence-electron chi connectivity index (χ1n) is 13.2. The number of hydrogen-bond donors (Lipinski definition) is 1. The molecule has 0 fully saturated rings. The predicted molar refractivity (Wildman–Crippen MR) is 164 cm³/mol. The molecule has 0 bridgehead atoms. The highest BCUT2D eigenvalue weighted by Gasteiger charge is 2.27. The average Bonchev–Trinajstić information content (AvgIpc) is 3.46. The molecule has 1 aromatic heterocycles. The molecule has 0 spiro atoms. The molecule has 1 aliphatic heterocycles. The third-order valence-electron chi connectivity index (χ3n) is 6.74. The van der Waals surface area contributed by atoms with Gasteiger partial charge in [-0.15, -0.1) is 11.3 Å². The first kappa shape index (κ1) is 27.1. The van der Waals surface area contributed by atoms with Crippen molar-refractivity contribution in [2.45, 2.75) is 37.4 Å². The molecule has 5 nitrogen and oxygen atoms in total. The summed E-state index contributed by atoms with van der Waals surface area (Å²) in [5.41, 5.74) is 3.33. The molecule has 0 radical (unpaired) electrons. The van der Waals surface area contributed by atoms with E-state index < -0.39 is 0 Å². The molecular formula is C32H33N3O2S2. The van der Waals surface area contributed by atoms with Gasteiger partial charge in [0.15, 0.2) is 0 Å². The van der Waals surface area contributed by atoms with Crippen LogP contribution in [-0.4, -0.2) is 18.2 Å². The van der Waals surface area contributed by atoms with Gasteiger partial charge in [0.25, 0.3) is 5.56 Å². The summed E-state index contributed by atoms with van der Waals surface area (Å²) in [7, 11) is 2.02. The van der Waals surface area contributed by atoms with E-state index in [1.54, 1.807) is 16.3 Å². The lowest BCUT2D eigenvalue weighted by molar-refractivity contribution is 0.0920. The van der Waals surface area contributed by atoms with E-state index in [1.165, 1.54) is 11.3 Å². The Hall–Kier alpha value is -3.52. The van der Waals surface area contributed by atoms with E-state index in [4.69, 9.17) is 4.74 Å². The number of benzene rings is 3. The van der Waals surface area contributed by atoms with Crippen molar-refractivity contribution in [3.05, 3.63) is 128 Å². The van der Waals surface area contributed by atoms with Crippen molar-refractivity contribution in [2.75, 3.05) is 18.5 Å². The third-order valence-corrected chi connectivity index (χ3v) is 9.22. The number of thiazole rings is 1. The minimum atomic E-state index is -0.307. The highest BCUT2D eigenvalue weighted by atomic mass is 32.2. The van der Waals surface area contributed by atoms with E-state index in [0.29, 0.717) is 12.3 Å². The summed E-state index contributed by atoms with van der Waals surface area (Å²) in [6.07, 6.45) is 1.59. The van der Waals surface area contributed by atoms with Crippen LogP contribution in [0.1, 0.15) is 37.1 Å². The molecule has 0 saturated heterocycles. The summed E-state index contributed by atoms with van der Waals surface area (Å²) in [5, 5.41) is 4.57. The minimum Gasteiger partial charge on any atom is -0.484 e. The van der Waals surface area contributed by atoms with E-state index >= 15 is 0 Å². The van der Waals surface area contributed by atoms with Gasteiger partial charge in [0, 0.05) is 24.6 Å². The van der Waals surface area contributed by atoms with Gasteiger partial charge in [-0.2, -0.15) is 0 Å². The van der Waals surface area contributed by atoms with E-state index in [1.807, 2.05) is 68.6 Å². The Bertz CT molecular complexity index is 1630. The second kappa shape index (κ2) is 12.1. The van der Waals surface area contributed by atoms with Crippen LogP contribution in [-0.2, 0) is 11.3 Å². The van der Waals surface area contributed by atoms with E-state index in [9.17, 15) is 4.79 Å². The number of allylic oxidation sites excluding steroid dienone is 1. The van der Waals surface area contributed by atoms with Gasteiger partial charge >= 0.3 is 0 Å². The Morgan fingerprint density at radius 2 is 1.62 bits per heavy atom. The van der Waals surface area contributed by atoms with Crippen molar-refractivity contribution in [1.82, 2.24) is 9.88 Å². The number of rotatable bonds is 9. The molecule has 200 valence electrons. The zero-order valence-corrected chi connectivity index (χ0v) is 24.1. The lowest BCUT2D eigenvalue weighted by Gasteiger charge is -2.29. The van der Waals surface area contributed by atoms with Crippen LogP contribution in [0.3, 0.4) is 0 Å². The third kappa shape index (κ3) is 5.62. The Morgan fingerprint density at radius 3 is 2.26 bits per heavy atom. The van der Waals surface area contributed by atoms with E-state index in [2.05, 4.69) is 60.1 Å². The smallest absolute Gasteiger partial charge is 0.271 e. The maximum Gasteiger partial charge on any atom is 0.271 e. The summed E-state index contributed by atoms with van der Waals surface area (Å²) in [5.74, 6) is 0.512. The summed E-state index contributed by atoms with van der Waals surface area (Å²) in [4.78, 5) is 16.8. The number of thioether (sulfide) groups is 1. The van der Waals surface area contributed by atoms with Crippen molar-refractivity contribution >= 4 is 39.9 Å². The number of nitrogens with one attached hydrogen (secondary N) is 1. The van der Waals surface area contributed by atoms with Crippen LogP contribution in [0.25, 0.3) is 11.1 Å². The van der Waals surface area contributed by atoms with Gasteiger partial charge in [-0.1, -0.05) is 98.1 Å². The molecular weight excluding hydrogens is 523 g/mol. The first-order valence-corrected chi connectivity index (χ1v) is 14.8. The molecule has 0 aliphatic carbocycles. The van der Waals surface area contributed by atoms with Gasteiger partial charge in [0.2, 0.25) is 0 Å². The molecule has 0 saturated carbocycles. The fourth-order valence-corrected chi connectivity index (χ4v) is 7.33. The summed E-state index contributed by atoms with van der Waals surface area (Å²) >= 11 is 3.13. The lowest BCUT2D eigenvalue weighted by atomic mass is 9.95. The normalized spacial score (nSPS) is 16.2. The zero-order chi connectivity index (χ0) is 27.4. The van der Waals surface area contributed by atoms with Crippen LogP contribution in [0.5, 0.6) is 0 Å². The Kier molecular flexibility index (Phi) is 8.41. The number of fused-ring (bicyclic) bond motifs is 1. The molecule has 4 aromatic rings. The summed E-state index contributed by atoms with van der Waals surface area (Å²) < 4.78 is 9.97.